The van der Waals surface area contributed by atoms with Crippen LogP contribution in [0.1, 0.15) is 12.2 Å². The van der Waals surface area contributed by atoms with E-state index in [2.05, 4.69) is 20.8 Å². The molecule has 24 heavy (non-hydrogen) atoms. The summed E-state index contributed by atoms with van der Waals surface area (Å²) in [5.41, 5.74) is 7.51. The number of aromatic amines is 1. The third-order valence-electron chi connectivity index (χ3n) is 3.36. The van der Waals surface area contributed by atoms with Gasteiger partial charge in [-0.15, -0.1) is 0 Å². The van der Waals surface area contributed by atoms with Gasteiger partial charge in [0.15, 0.2) is 0 Å². The van der Waals surface area contributed by atoms with Gasteiger partial charge in [-0.1, -0.05) is 46.9 Å². The van der Waals surface area contributed by atoms with E-state index in [0.717, 1.165) is 16.9 Å². The highest BCUT2D eigenvalue weighted by Crippen LogP contribution is 2.33. The molecule has 1 heterocycles. The van der Waals surface area contributed by atoms with Crippen molar-refractivity contribution in [2.24, 2.45) is 0 Å². The molecule has 0 fully saturated rings. The third kappa shape index (κ3) is 3.93. The van der Waals surface area contributed by atoms with Gasteiger partial charge in [0.2, 0.25) is 5.91 Å². The number of nitrogens with zero attached hydrogens (tertiary/aromatic N) is 1. The summed E-state index contributed by atoms with van der Waals surface area (Å²) < 4.78 is 0. The lowest BCUT2D eigenvalue weighted by molar-refractivity contribution is -0.120. The summed E-state index contributed by atoms with van der Waals surface area (Å²) in [5.74, 6) is 0.548. The van der Waals surface area contributed by atoms with E-state index < -0.39 is 0 Å². The minimum atomic E-state index is -0.211. The molecule has 0 spiro atoms. The number of hydrogen-bond donors (Lipinski definition) is 3. The van der Waals surface area contributed by atoms with Crippen molar-refractivity contribution in [3.63, 3.8) is 0 Å². The van der Waals surface area contributed by atoms with E-state index in [1.54, 1.807) is 0 Å². The molecule has 0 bridgehead atoms. The third-order valence-corrected chi connectivity index (χ3v) is 4.18. The van der Waals surface area contributed by atoms with Crippen molar-refractivity contribution in [1.29, 1.82) is 0 Å². The predicted molar refractivity (Wildman–Crippen MR) is 97.7 cm³/mol. The molecule has 1 amide bonds. The number of hydrazine groups is 1. The zero-order chi connectivity index (χ0) is 17.1. The summed E-state index contributed by atoms with van der Waals surface area (Å²) in [7, 11) is 0. The normalized spacial score (nSPS) is 10.8. The van der Waals surface area contributed by atoms with Crippen LogP contribution in [0, 0.1) is 0 Å². The second kappa shape index (κ2) is 7.30. The molecule has 124 valence electrons. The van der Waals surface area contributed by atoms with Crippen molar-refractivity contribution in [2.75, 3.05) is 5.43 Å². The van der Waals surface area contributed by atoms with Gasteiger partial charge in [-0.25, -0.2) is 4.98 Å². The zero-order valence-electron chi connectivity index (χ0n) is 12.4. The molecule has 5 nitrogen and oxygen atoms in total. The Morgan fingerprint density at radius 2 is 1.83 bits per heavy atom. The molecular weight excluding hydrogens is 371 g/mol. The summed E-state index contributed by atoms with van der Waals surface area (Å²) >= 11 is 17.9. The number of nitrogens with one attached hydrogen (secondary N) is 3. The van der Waals surface area contributed by atoms with Crippen molar-refractivity contribution >= 4 is 57.4 Å². The average Bonchev–Trinajstić information content (AvgIpc) is 2.94. The highest BCUT2D eigenvalue weighted by Gasteiger charge is 2.10. The number of anilines is 1. The molecule has 3 aromatic rings. The first-order valence-corrected chi connectivity index (χ1v) is 8.29. The van der Waals surface area contributed by atoms with Crippen LogP contribution in [0.4, 0.5) is 5.69 Å². The first-order valence-electron chi connectivity index (χ1n) is 7.16. The number of fused-ring (bicyclic) bond motifs is 1. The van der Waals surface area contributed by atoms with Crippen molar-refractivity contribution in [3.8, 4) is 0 Å². The monoisotopic (exact) mass is 382 g/mol. The van der Waals surface area contributed by atoms with E-state index in [9.17, 15) is 4.79 Å². The van der Waals surface area contributed by atoms with Gasteiger partial charge in [-0.05, 0) is 24.3 Å². The maximum absolute atomic E-state index is 12.0. The first kappa shape index (κ1) is 16.9. The molecule has 8 heteroatoms. The Kier molecular flexibility index (Phi) is 5.14. The van der Waals surface area contributed by atoms with E-state index >= 15 is 0 Å². The molecule has 2 aromatic carbocycles. The predicted octanol–water partition coefficient (Wildman–Crippen LogP) is 4.60. The number of imidazole rings is 1. The van der Waals surface area contributed by atoms with Crippen molar-refractivity contribution in [2.45, 2.75) is 12.8 Å². The SMILES string of the molecule is O=C(CCc1nc2ccccc2[nH]1)NNc1c(Cl)cc(Cl)cc1Cl. The molecule has 3 N–H and O–H groups in total. The summed E-state index contributed by atoms with van der Waals surface area (Å²) in [6, 6.07) is 10.8. The van der Waals surface area contributed by atoms with Gasteiger partial charge in [-0.2, -0.15) is 0 Å². The molecular formula is C16H13Cl3N4O. The van der Waals surface area contributed by atoms with E-state index in [4.69, 9.17) is 34.8 Å². The molecule has 1 aromatic heterocycles. The largest absolute Gasteiger partial charge is 0.342 e. The Morgan fingerprint density at radius 1 is 1.12 bits per heavy atom. The van der Waals surface area contributed by atoms with Crippen LogP contribution in [-0.4, -0.2) is 15.9 Å². The number of amides is 1. The lowest BCUT2D eigenvalue weighted by Crippen LogP contribution is -2.29. The number of aromatic nitrogens is 2. The van der Waals surface area contributed by atoms with Crippen molar-refractivity contribution in [1.82, 2.24) is 15.4 Å². The maximum atomic E-state index is 12.0. The Labute approximate surface area is 153 Å². The maximum Gasteiger partial charge on any atom is 0.238 e. The molecule has 0 saturated heterocycles. The highest BCUT2D eigenvalue weighted by molar-refractivity contribution is 6.41. The Morgan fingerprint density at radius 3 is 2.54 bits per heavy atom. The van der Waals surface area contributed by atoms with Crippen LogP contribution in [0.3, 0.4) is 0 Å². The number of para-hydroxylation sites is 2. The lowest BCUT2D eigenvalue weighted by Gasteiger charge is -2.11. The topological polar surface area (TPSA) is 69.8 Å². The number of H-pyrrole nitrogens is 1. The average molecular weight is 384 g/mol. The quantitative estimate of drug-likeness (QED) is 0.564. The second-order valence-electron chi connectivity index (χ2n) is 5.12. The lowest BCUT2D eigenvalue weighted by atomic mass is 10.3. The minimum Gasteiger partial charge on any atom is -0.342 e. The summed E-state index contributed by atoms with van der Waals surface area (Å²) in [6.45, 7) is 0. The van der Waals surface area contributed by atoms with Crippen LogP contribution in [0.2, 0.25) is 15.1 Å². The summed E-state index contributed by atoms with van der Waals surface area (Å²) in [5, 5.41) is 1.07. The van der Waals surface area contributed by atoms with Gasteiger partial charge in [0, 0.05) is 17.9 Å². The van der Waals surface area contributed by atoms with Gasteiger partial charge < -0.3 is 4.98 Å². The second-order valence-corrected chi connectivity index (χ2v) is 6.37. The minimum absolute atomic E-state index is 0.211. The van der Waals surface area contributed by atoms with Crippen molar-refractivity contribution in [3.05, 3.63) is 57.3 Å². The van der Waals surface area contributed by atoms with Gasteiger partial charge in [0.25, 0.3) is 0 Å². The Balaban J connectivity index is 1.56. The number of benzene rings is 2. The fourth-order valence-corrected chi connectivity index (χ4v) is 3.12. The van der Waals surface area contributed by atoms with Gasteiger partial charge in [-0.3, -0.25) is 15.6 Å². The number of rotatable bonds is 5. The van der Waals surface area contributed by atoms with Gasteiger partial charge in [0.05, 0.1) is 26.8 Å². The van der Waals surface area contributed by atoms with E-state index in [1.165, 1.54) is 12.1 Å². The standard InChI is InChI=1S/C16H13Cl3N4O/c17-9-7-10(18)16(11(19)8-9)23-22-15(24)6-5-14-20-12-3-1-2-4-13(12)21-14/h1-4,7-8,23H,5-6H2,(H,20,21)(H,22,24). The van der Waals surface area contributed by atoms with Crippen LogP contribution in [-0.2, 0) is 11.2 Å². The van der Waals surface area contributed by atoms with E-state index in [1.807, 2.05) is 24.3 Å². The summed E-state index contributed by atoms with van der Waals surface area (Å²) in [4.78, 5) is 19.6. The smallest absolute Gasteiger partial charge is 0.238 e. The van der Waals surface area contributed by atoms with Crippen LogP contribution in [0.25, 0.3) is 11.0 Å². The fraction of sp³-hybridized carbons (Fsp3) is 0.125. The van der Waals surface area contributed by atoms with Crippen molar-refractivity contribution < 1.29 is 4.79 Å². The van der Waals surface area contributed by atoms with Crippen LogP contribution < -0.4 is 10.9 Å². The molecule has 0 atom stereocenters. The summed E-state index contributed by atoms with van der Waals surface area (Å²) in [6.07, 6.45) is 0.750. The van der Waals surface area contributed by atoms with Gasteiger partial charge >= 0.3 is 0 Å². The number of carbonyl (C=O) groups excluding carboxylic acids is 1. The number of halogens is 3. The van der Waals surface area contributed by atoms with E-state index in [-0.39, 0.29) is 12.3 Å². The first-order chi connectivity index (χ1) is 11.5. The molecule has 0 unspecified atom stereocenters. The van der Waals surface area contributed by atoms with Crippen LogP contribution >= 0.6 is 34.8 Å². The van der Waals surface area contributed by atoms with Gasteiger partial charge in [0.1, 0.15) is 5.82 Å². The molecule has 3 rings (SSSR count). The van der Waals surface area contributed by atoms with E-state index in [0.29, 0.717) is 27.2 Å². The van der Waals surface area contributed by atoms with Crippen LogP contribution in [0.15, 0.2) is 36.4 Å². The Bertz CT molecular complexity index is 838. The molecule has 0 radical (unpaired) electrons. The molecule has 0 saturated carbocycles. The highest BCUT2D eigenvalue weighted by atomic mass is 35.5. The van der Waals surface area contributed by atoms with Crippen LogP contribution in [0.5, 0.6) is 0 Å². The number of aryl methyl sites for hydroxylation is 1. The fourth-order valence-electron chi connectivity index (χ4n) is 2.21. The molecule has 0 aliphatic rings. The number of carbonyl (C=O) groups is 1. The molecule has 0 aliphatic heterocycles. The molecule has 0 aliphatic carbocycles. The Hall–Kier alpha value is -1.95. The zero-order valence-corrected chi connectivity index (χ0v) is 14.6. The number of hydrogen-bond acceptors (Lipinski definition) is 3.